The Morgan fingerprint density at radius 1 is 1.25 bits per heavy atom. The Balaban J connectivity index is 1.71. The van der Waals surface area contributed by atoms with E-state index in [-0.39, 0.29) is 18.1 Å². The molecule has 32 heavy (non-hydrogen) atoms. The van der Waals surface area contributed by atoms with Crippen LogP contribution in [0.25, 0.3) is 0 Å². The van der Waals surface area contributed by atoms with Crippen molar-refractivity contribution in [2.24, 2.45) is 0 Å². The van der Waals surface area contributed by atoms with Gasteiger partial charge in [0.25, 0.3) is 0 Å². The predicted octanol–water partition coefficient (Wildman–Crippen LogP) is 3.93. The number of amides is 1. The van der Waals surface area contributed by atoms with Crippen LogP contribution in [-0.4, -0.2) is 59.0 Å². The molecule has 12 heteroatoms. The van der Waals surface area contributed by atoms with Crippen molar-refractivity contribution in [2.75, 3.05) is 38.2 Å². The standard InChI is InChI=1S/C20H23Cl2F3N4O3/c1-11-18(22)19(20(23,24)25)26-29(11)10-17(31)28-6-4-27(5-7-28)15-9-16(32-3)14(21)8-13(15)12(2)30/h8-9,12,30H,4-7,10H2,1-3H3. The molecule has 1 atom stereocenters. The van der Waals surface area contributed by atoms with Crippen LogP contribution in [0.4, 0.5) is 18.9 Å². The van der Waals surface area contributed by atoms with E-state index in [9.17, 15) is 23.1 Å². The molecule has 7 nitrogen and oxygen atoms in total. The van der Waals surface area contributed by atoms with Gasteiger partial charge in [0.2, 0.25) is 5.91 Å². The van der Waals surface area contributed by atoms with Gasteiger partial charge in [-0.05, 0) is 19.9 Å². The van der Waals surface area contributed by atoms with Crippen LogP contribution in [0.2, 0.25) is 10.0 Å². The maximum absolute atomic E-state index is 13.0. The third kappa shape index (κ3) is 4.92. The van der Waals surface area contributed by atoms with E-state index in [1.54, 1.807) is 24.0 Å². The molecule has 0 radical (unpaired) electrons. The third-order valence-electron chi connectivity index (χ3n) is 5.41. The topological polar surface area (TPSA) is 70.8 Å². The number of carbonyl (C=O) groups is 1. The third-order valence-corrected chi connectivity index (χ3v) is 6.16. The number of nitrogens with zero attached hydrogens (tertiary/aromatic N) is 4. The Kier molecular flexibility index (Phi) is 7.16. The van der Waals surface area contributed by atoms with Crippen molar-refractivity contribution in [2.45, 2.75) is 32.7 Å². The van der Waals surface area contributed by atoms with Crippen LogP contribution < -0.4 is 9.64 Å². The lowest BCUT2D eigenvalue weighted by molar-refractivity contribution is -0.142. The number of aliphatic hydroxyl groups excluding tert-OH is 1. The highest BCUT2D eigenvalue weighted by Crippen LogP contribution is 2.37. The van der Waals surface area contributed by atoms with Gasteiger partial charge in [-0.25, -0.2) is 0 Å². The molecule has 0 bridgehead atoms. The molecule has 1 aromatic carbocycles. The molecule has 1 amide bonds. The lowest BCUT2D eigenvalue weighted by Gasteiger charge is -2.37. The number of methoxy groups -OCH3 is 1. The number of piperazine rings is 1. The Morgan fingerprint density at radius 2 is 1.88 bits per heavy atom. The molecule has 2 heterocycles. The first kappa shape index (κ1) is 24.5. The number of hydrogen-bond acceptors (Lipinski definition) is 5. The van der Waals surface area contributed by atoms with E-state index in [2.05, 4.69) is 5.10 Å². The molecule has 176 valence electrons. The number of aliphatic hydroxyl groups is 1. The molecule has 1 fully saturated rings. The van der Waals surface area contributed by atoms with E-state index < -0.39 is 23.0 Å². The predicted molar refractivity (Wildman–Crippen MR) is 114 cm³/mol. The zero-order chi connectivity index (χ0) is 23.8. The fraction of sp³-hybridized carbons (Fsp3) is 0.500. The molecule has 1 unspecified atom stereocenters. The zero-order valence-electron chi connectivity index (χ0n) is 17.7. The average Bonchev–Trinajstić information content (AvgIpc) is 3.02. The Morgan fingerprint density at radius 3 is 2.38 bits per heavy atom. The van der Waals surface area contributed by atoms with E-state index >= 15 is 0 Å². The van der Waals surface area contributed by atoms with Gasteiger partial charge in [-0.15, -0.1) is 0 Å². The Hall–Kier alpha value is -2.17. The number of hydrogen-bond donors (Lipinski definition) is 1. The van der Waals surface area contributed by atoms with Crippen molar-refractivity contribution in [3.8, 4) is 5.75 Å². The highest BCUT2D eigenvalue weighted by molar-refractivity contribution is 6.32. The van der Waals surface area contributed by atoms with E-state index in [4.69, 9.17) is 27.9 Å². The molecule has 3 rings (SSSR count). The largest absolute Gasteiger partial charge is 0.495 e. The van der Waals surface area contributed by atoms with Gasteiger partial charge < -0.3 is 19.6 Å². The van der Waals surface area contributed by atoms with Crippen LogP contribution in [0.5, 0.6) is 5.75 Å². The molecule has 0 aliphatic carbocycles. The second kappa shape index (κ2) is 9.36. The second-order valence-corrected chi connectivity index (χ2v) is 8.28. The summed E-state index contributed by atoms with van der Waals surface area (Å²) in [4.78, 5) is 16.3. The maximum Gasteiger partial charge on any atom is 0.436 e. The first-order valence-corrected chi connectivity index (χ1v) is 10.6. The SMILES string of the molecule is COc1cc(N2CCN(C(=O)Cn3nc(C(F)(F)F)c(Cl)c3C)CC2)c(C(C)O)cc1Cl. The second-order valence-electron chi connectivity index (χ2n) is 7.49. The van der Waals surface area contributed by atoms with Crippen LogP contribution in [0.15, 0.2) is 12.1 Å². The number of aromatic nitrogens is 2. The van der Waals surface area contributed by atoms with E-state index in [0.717, 1.165) is 10.4 Å². The number of carbonyl (C=O) groups excluding carboxylic acids is 1. The summed E-state index contributed by atoms with van der Waals surface area (Å²) in [5.74, 6) is 0.112. The van der Waals surface area contributed by atoms with Crippen molar-refractivity contribution in [3.63, 3.8) is 0 Å². The van der Waals surface area contributed by atoms with Gasteiger partial charge in [-0.2, -0.15) is 18.3 Å². The number of benzene rings is 1. The Bertz CT molecular complexity index is 1000. The summed E-state index contributed by atoms with van der Waals surface area (Å²) in [5, 5.41) is 13.5. The van der Waals surface area contributed by atoms with E-state index in [1.807, 2.05) is 4.90 Å². The normalized spacial score (nSPS) is 15.8. The summed E-state index contributed by atoms with van der Waals surface area (Å²) in [6, 6.07) is 3.40. The highest BCUT2D eigenvalue weighted by atomic mass is 35.5. The molecular formula is C20H23Cl2F3N4O3. The number of alkyl halides is 3. The molecule has 0 saturated carbocycles. The van der Waals surface area contributed by atoms with Gasteiger partial charge in [0.15, 0.2) is 5.69 Å². The van der Waals surface area contributed by atoms with Crippen molar-refractivity contribution in [1.82, 2.24) is 14.7 Å². The highest BCUT2D eigenvalue weighted by Gasteiger charge is 2.38. The van der Waals surface area contributed by atoms with Crippen molar-refractivity contribution < 1.29 is 27.8 Å². The van der Waals surface area contributed by atoms with Gasteiger partial charge in [0.05, 0.1) is 29.0 Å². The summed E-state index contributed by atoms with van der Waals surface area (Å²) < 4.78 is 45.3. The lowest BCUT2D eigenvalue weighted by atomic mass is 10.1. The van der Waals surface area contributed by atoms with Gasteiger partial charge in [0.1, 0.15) is 12.3 Å². The molecule has 1 aliphatic heterocycles. The minimum atomic E-state index is -4.69. The van der Waals surface area contributed by atoms with Gasteiger partial charge >= 0.3 is 6.18 Å². The minimum absolute atomic E-state index is 0.0841. The van der Waals surface area contributed by atoms with Gasteiger partial charge in [0, 0.05) is 43.5 Å². The van der Waals surface area contributed by atoms with Gasteiger partial charge in [-0.1, -0.05) is 23.2 Å². The van der Waals surface area contributed by atoms with Crippen LogP contribution in [-0.2, 0) is 17.5 Å². The lowest BCUT2D eigenvalue weighted by Crippen LogP contribution is -2.50. The number of ether oxygens (including phenoxy) is 1. The molecule has 1 N–H and O–H groups in total. The van der Waals surface area contributed by atoms with E-state index in [1.165, 1.54) is 14.0 Å². The van der Waals surface area contributed by atoms with Crippen LogP contribution in [0.3, 0.4) is 0 Å². The number of rotatable bonds is 5. The fourth-order valence-electron chi connectivity index (χ4n) is 3.61. The summed E-state index contributed by atoms with van der Waals surface area (Å²) in [6.45, 7) is 4.31. The fourth-order valence-corrected chi connectivity index (χ4v) is 4.10. The molecular weight excluding hydrogens is 472 g/mol. The van der Waals surface area contributed by atoms with Crippen molar-refractivity contribution >= 4 is 34.8 Å². The molecule has 1 aromatic heterocycles. The van der Waals surface area contributed by atoms with Crippen molar-refractivity contribution in [1.29, 1.82) is 0 Å². The Labute approximate surface area is 193 Å². The summed E-state index contributed by atoms with van der Waals surface area (Å²) >= 11 is 11.9. The van der Waals surface area contributed by atoms with Gasteiger partial charge in [-0.3, -0.25) is 9.48 Å². The number of halogens is 5. The maximum atomic E-state index is 13.0. The summed E-state index contributed by atoms with van der Waals surface area (Å²) in [6.07, 6.45) is -5.45. The van der Waals surface area contributed by atoms with Crippen molar-refractivity contribution in [3.05, 3.63) is 39.1 Å². The molecule has 0 spiro atoms. The summed E-state index contributed by atoms with van der Waals surface area (Å²) in [7, 11) is 1.50. The monoisotopic (exact) mass is 494 g/mol. The zero-order valence-corrected chi connectivity index (χ0v) is 19.2. The van der Waals surface area contributed by atoms with Crippen LogP contribution >= 0.6 is 23.2 Å². The average molecular weight is 495 g/mol. The van der Waals surface area contributed by atoms with Crippen LogP contribution in [0.1, 0.15) is 30.0 Å². The van der Waals surface area contributed by atoms with E-state index in [0.29, 0.717) is 42.5 Å². The molecule has 2 aromatic rings. The quantitative estimate of drug-likeness (QED) is 0.681. The smallest absolute Gasteiger partial charge is 0.436 e. The first-order chi connectivity index (χ1) is 14.9. The van der Waals surface area contributed by atoms with Crippen LogP contribution in [0, 0.1) is 6.92 Å². The molecule has 1 saturated heterocycles. The first-order valence-electron chi connectivity index (χ1n) is 9.82. The minimum Gasteiger partial charge on any atom is -0.495 e. The summed E-state index contributed by atoms with van der Waals surface area (Å²) in [5.41, 5.74) is 0.271. The molecule has 1 aliphatic rings. The number of anilines is 1.